The molecule has 0 unspecified atom stereocenters. The first kappa shape index (κ1) is 17.1. The monoisotopic (exact) mass is 361 g/mol. The molecule has 0 radical (unpaired) electrons. The van der Waals surface area contributed by atoms with E-state index in [0.717, 1.165) is 31.2 Å². The summed E-state index contributed by atoms with van der Waals surface area (Å²) in [4.78, 5) is 0. The van der Waals surface area contributed by atoms with Crippen LogP contribution in [0, 0.1) is 0 Å². The van der Waals surface area contributed by atoms with E-state index in [0.29, 0.717) is 11.4 Å². The molecule has 1 saturated carbocycles. The van der Waals surface area contributed by atoms with Gasteiger partial charge in [-0.05, 0) is 18.9 Å². The van der Waals surface area contributed by atoms with Crippen LogP contribution in [0.5, 0.6) is 0 Å². The summed E-state index contributed by atoms with van der Waals surface area (Å²) in [7, 11) is -3.96. The molecule has 8 heteroatoms. The van der Waals surface area contributed by atoms with E-state index in [1.807, 2.05) is 18.2 Å². The molecule has 0 aromatic heterocycles. The van der Waals surface area contributed by atoms with E-state index in [2.05, 4.69) is 4.18 Å². The van der Waals surface area contributed by atoms with Gasteiger partial charge in [-0.3, -0.25) is 4.18 Å². The molecule has 1 spiro atoms. The van der Waals surface area contributed by atoms with E-state index in [9.17, 15) is 8.42 Å². The van der Waals surface area contributed by atoms with Crippen LogP contribution in [-0.4, -0.2) is 26.9 Å². The minimum atomic E-state index is -3.96. The molecule has 2 atom stereocenters. The lowest BCUT2D eigenvalue weighted by Crippen LogP contribution is -2.27. The van der Waals surface area contributed by atoms with Gasteiger partial charge in [0.25, 0.3) is 0 Å². The molecule has 3 rings (SSSR count). The molecule has 1 heterocycles. The van der Waals surface area contributed by atoms with Gasteiger partial charge in [0.1, 0.15) is 6.10 Å². The van der Waals surface area contributed by atoms with E-state index < -0.39 is 16.1 Å². The van der Waals surface area contributed by atoms with E-state index >= 15 is 0 Å². The van der Waals surface area contributed by atoms with Gasteiger partial charge in [-0.25, -0.2) is 5.14 Å². The number of hydrogen-bond donors (Lipinski definition) is 1. The van der Waals surface area contributed by atoms with Crippen LogP contribution in [0.25, 0.3) is 0 Å². The van der Waals surface area contributed by atoms with Gasteiger partial charge in [0.15, 0.2) is 5.79 Å². The van der Waals surface area contributed by atoms with Crippen molar-refractivity contribution in [3.05, 3.63) is 34.9 Å². The highest BCUT2D eigenvalue weighted by Gasteiger charge is 2.49. The Hall–Kier alpha value is -0.700. The highest BCUT2D eigenvalue weighted by molar-refractivity contribution is 7.84. The molecule has 2 N–H and O–H groups in total. The van der Waals surface area contributed by atoms with Gasteiger partial charge in [0, 0.05) is 29.8 Å². The predicted molar refractivity (Wildman–Crippen MR) is 85.0 cm³/mol. The Labute approximate surface area is 141 Å². The van der Waals surface area contributed by atoms with Crippen molar-refractivity contribution in [2.45, 2.75) is 50.1 Å². The third kappa shape index (κ3) is 4.04. The molecule has 1 aliphatic carbocycles. The minimum Gasteiger partial charge on any atom is -0.344 e. The predicted octanol–water partition coefficient (Wildman–Crippen LogP) is 2.68. The van der Waals surface area contributed by atoms with Crippen molar-refractivity contribution < 1.29 is 22.1 Å². The molecule has 0 bridgehead atoms. The van der Waals surface area contributed by atoms with E-state index in [1.165, 1.54) is 0 Å². The molecule has 2 aliphatic rings. The first-order chi connectivity index (χ1) is 10.9. The normalized spacial score (nSPS) is 26.9. The van der Waals surface area contributed by atoms with Gasteiger partial charge < -0.3 is 9.47 Å². The first-order valence-corrected chi connectivity index (χ1v) is 9.51. The zero-order valence-electron chi connectivity index (χ0n) is 12.6. The Kier molecular flexibility index (Phi) is 4.96. The van der Waals surface area contributed by atoms with E-state index in [4.69, 9.17) is 26.2 Å². The Morgan fingerprint density at radius 2 is 1.96 bits per heavy atom. The van der Waals surface area contributed by atoms with E-state index in [-0.39, 0.29) is 18.8 Å². The van der Waals surface area contributed by atoms with Crippen LogP contribution in [0.1, 0.15) is 43.8 Å². The largest absolute Gasteiger partial charge is 0.344 e. The maximum Gasteiger partial charge on any atom is 0.333 e. The molecule has 128 valence electrons. The van der Waals surface area contributed by atoms with Crippen LogP contribution in [-0.2, 0) is 24.0 Å². The fraction of sp³-hybridized carbons (Fsp3) is 0.600. The molecular weight excluding hydrogens is 342 g/mol. The molecule has 1 aliphatic heterocycles. The van der Waals surface area contributed by atoms with Crippen LogP contribution >= 0.6 is 11.6 Å². The first-order valence-electron chi connectivity index (χ1n) is 7.66. The highest BCUT2D eigenvalue weighted by atomic mass is 35.5. The van der Waals surface area contributed by atoms with Crippen molar-refractivity contribution in [3.8, 4) is 0 Å². The summed E-state index contributed by atoms with van der Waals surface area (Å²) in [6.07, 6.45) is 3.46. The minimum absolute atomic E-state index is 0.0517. The lowest BCUT2D eigenvalue weighted by Gasteiger charge is -2.22. The molecule has 23 heavy (non-hydrogen) atoms. The lowest BCUT2D eigenvalue weighted by molar-refractivity contribution is -0.170. The third-order valence-electron chi connectivity index (χ3n) is 4.27. The number of ether oxygens (including phenoxy) is 2. The fourth-order valence-electron chi connectivity index (χ4n) is 3.28. The van der Waals surface area contributed by atoms with Gasteiger partial charge in [-0.2, -0.15) is 8.42 Å². The smallest absolute Gasteiger partial charge is 0.333 e. The second-order valence-electron chi connectivity index (χ2n) is 5.94. The lowest BCUT2D eigenvalue weighted by atomic mass is 10.0. The Morgan fingerprint density at radius 3 is 2.61 bits per heavy atom. The summed E-state index contributed by atoms with van der Waals surface area (Å²) in [5, 5.41) is 5.47. The molecule has 1 aromatic rings. The van der Waals surface area contributed by atoms with Crippen LogP contribution in [0.2, 0.25) is 5.02 Å². The Morgan fingerprint density at radius 1 is 1.26 bits per heavy atom. The topological polar surface area (TPSA) is 87.9 Å². The standard InChI is InChI=1S/C15H20ClNO5S/c16-12-6-2-1-5-11(12)14-13(7-10-20-23(17,18)19)21-15(22-14)8-3-4-9-15/h1-2,5-6,13-14H,3-4,7-10H2,(H2,17,18,19)/t13-,14-/m0/s1. The van der Waals surface area contributed by atoms with Crippen LogP contribution < -0.4 is 5.14 Å². The second-order valence-corrected chi connectivity index (χ2v) is 7.57. The zero-order chi connectivity index (χ0) is 16.5. The Balaban J connectivity index is 1.77. The average molecular weight is 362 g/mol. The van der Waals surface area contributed by atoms with Gasteiger partial charge >= 0.3 is 10.3 Å². The number of nitrogens with two attached hydrogens (primary N) is 1. The van der Waals surface area contributed by atoms with Crippen molar-refractivity contribution in [2.75, 3.05) is 6.61 Å². The maximum atomic E-state index is 10.9. The third-order valence-corrected chi connectivity index (χ3v) is 5.11. The van der Waals surface area contributed by atoms with E-state index in [1.54, 1.807) is 6.07 Å². The number of benzene rings is 1. The van der Waals surface area contributed by atoms with Crippen molar-refractivity contribution >= 4 is 21.9 Å². The number of hydrogen-bond acceptors (Lipinski definition) is 5. The van der Waals surface area contributed by atoms with Crippen molar-refractivity contribution in [2.24, 2.45) is 5.14 Å². The molecule has 0 amide bonds. The Bertz CT molecular complexity index is 660. The summed E-state index contributed by atoms with van der Waals surface area (Å²) in [6.45, 7) is -0.0517. The number of halogens is 1. The van der Waals surface area contributed by atoms with Crippen molar-refractivity contribution in [3.63, 3.8) is 0 Å². The summed E-state index contributed by atoms with van der Waals surface area (Å²) < 4.78 is 38.9. The molecule has 6 nitrogen and oxygen atoms in total. The van der Waals surface area contributed by atoms with Gasteiger partial charge in [0.05, 0.1) is 12.7 Å². The summed E-state index contributed by atoms with van der Waals surface area (Å²) in [6, 6.07) is 7.45. The second kappa shape index (κ2) is 6.66. The zero-order valence-corrected chi connectivity index (χ0v) is 14.2. The summed E-state index contributed by atoms with van der Waals surface area (Å²) >= 11 is 6.29. The SMILES string of the molecule is NS(=O)(=O)OCC[C@@H]1OC2(CCCC2)O[C@H]1c1ccccc1Cl. The molecular formula is C15H20ClNO5S. The fourth-order valence-corrected chi connectivity index (χ4v) is 3.85. The number of rotatable bonds is 5. The van der Waals surface area contributed by atoms with Crippen molar-refractivity contribution in [1.82, 2.24) is 0 Å². The molecule has 2 fully saturated rings. The maximum absolute atomic E-state index is 10.9. The molecule has 1 aromatic carbocycles. The van der Waals surface area contributed by atoms with Gasteiger partial charge in [-0.15, -0.1) is 0 Å². The highest BCUT2D eigenvalue weighted by Crippen LogP contribution is 2.48. The van der Waals surface area contributed by atoms with Gasteiger partial charge in [-0.1, -0.05) is 29.8 Å². The average Bonchev–Trinajstić information content (AvgIpc) is 3.06. The van der Waals surface area contributed by atoms with Crippen LogP contribution in [0.3, 0.4) is 0 Å². The van der Waals surface area contributed by atoms with Crippen LogP contribution in [0.15, 0.2) is 24.3 Å². The van der Waals surface area contributed by atoms with Crippen LogP contribution in [0.4, 0.5) is 0 Å². The molecule has 1 saturated heterocycles. The summed E-state index contributed by atoms with van der Waals surface area (Å²) in [5.41, 5.74) is 0.846. The van der Waals surface area contributed by atoms with Gasteiger partial charge in [0.2, 0.25) is 0 Å². The van der Waals surface area contributed by atoms with Crippen molar-refractivity contribution in [1.29, 1.82) is 0 Å². The quantitative estimate of drug-likeness (QED) is 0.871. The summed E-state index contributed by atoms with van der Waals surface area (Å²) in [5.74, 6) is -0.587.